The number of aromatic nitrogens is 6. The van der Waals surface area contributed by atoms with Crippen LogP contribution in [0.3, 0.4) is 0 Å². The average molecular weight is 354 g/mol. The number of hydrogen-bond acceptors (Lipinski definition) is 5. The SMILES string of the molecule is CC[C@H](NC(=O)Nc1cccc(-c2nnn(CC)n2)c1)c1ccnn1C. The van der Waals surface area contributed by atoms with E-state index in [0.29, 0.717) is 18.1 Å². The first kappa shape index (κ1) is 17.6. The standard InChI is InChI=1S/C17H22N8O/c1-4-14(15-9-10-18-24(15)3)20-17(26)19-13-8-6-7-12(11-13)16-21-23-25(5-2)22-16/h6-11,14H,4-5H2,1-3H3,(H2,19,20,26)/t14-/m0/s1. The van der Waals surface area contributed by atoms with Crippen LogP contribution in [0, 0.1) is 0 Å². The zero-order chi connectivity index (χ0) is 18.5. The van der Waals surface area contributed by atoms with Gasteiger partial charge in [-0.05, 0) is 36.8 Å². The fraction of sp³-hybridized carbons (Fsp3) is 0.353. The first-order valence-corrected chi connectivity index (χ1v) is 8.54. The van der Waals surface area contributed by atoms with Crippen molar-refractivity contribution in [1.29, 1.82) is 0 Å². The lowest BCUT2D eigenvalue weighted by Crippen LogP contribution is -2.33. The minimum atomic E-state index is -0.277. The number of nitrogens with zero attached hydrogens (tertiary/aromatic N) is 6. The van der Waals surface area contributed by atoms with E-state index in [9.17, 15) is 4.79 Å². The number of carbonyl (C=O) groups is 1. The first-order chi connectivity index (χ1) is 12.6. The second-order valence-electron chi connectivity index (χ2n) is 5.82. The second-order valence-corrected chi connectivity index (χ2v) is 5.82. The third-order valence-corrected chi connectivity index (χ3v) is 4.04. The molecule has 0 spiro atoms. The van der Waals surface area contributed by atoms with Gasteiger partial charge in [0.1, 0.15) is 0 Å². The van der Waals surface area contributed by atoms with Crippen molar-refractivity contribution in [2.75, 3.05) is 5.32 Å². The lowest BCUT2D eigenvalue weighted by molar-refractivity contribution is 0.247. The Labute approximate surface area is 151 Å². The van der Waals surface area contributed by atoms with Gasteiger partial charge in [-0.15, -0.1) is 10.2 Å². The van der Waals surface area contributed by atoms with Gasteiger partial charge in [-0.1, -0.05) is 19.1 Å². The van der Waals surface area contributed by atoms with Crippen LogP contribution in [-0.4, -0.2) is 36.0 Å². The maximum atomic E-state index is 12.4. The van der Waals surface area contributed by atoms with Gasteiger partial charge in [0.25, 0.3) is 0 Å². The molecule has 3 rings (SSSR count). The van der Waals surface area contributed by atoms with Gasteiger partial charge >= 0.3 is 6.03 Å². The number of aryl methyl sites for hydroxylation is 2. The highest BCUT2D eigenvalue weighted by Crippen LogP contribution is 2.19. The quantitative estimate of drug-likeness (QED) is 0.707. The summed E-state index contributed by atoms with van der Waals surface area (Å²) in [7, 11) is 1.86. The van der Waals surface area contributed by atoms with Crippen LogP contribution in [0.4, 0.5) is 10.5 Å². The zero-order valence-electron chi connectivity index (χ0n) is 15.0. The van der Waals surface area contributed by atoms with Crippen molar-refractivity contribution in [3.05, 3.63) is 42.2 Å². The molecule has 1 aromatic carbocycles. The normalized spacial score (nSPS) is 12.0. The van der Waals surface area contributed by atoms with E-state index in [1.807, 2.05) is 51.2 Å². The van der Waals surface area contributed by atoms with E-state index in [1.165, 1.54) is 4.80 Å². The summed E-state index contributed by atoms with van der Waals surface area (Å²) in [6, 6.07) is 8.87. The highest BCUT2D eigenvalue weighted by molar-refractivity contribution is 5.90. The smallest absolute Gasteiger partial charge is 0.319 e. The summed E-state index contributed by atoms with van der Waals surface area (Å²) in [6.07, 6.45) is 2.48. The molecule has 0 unspecified atom stereocenters. The minimum absolute atomic E-state index is 0.114. The molecule has 0 aliphatic carbocycles. The number of benzene rings is 1. The number of hydrogen-bond donors (Lipinski definition) is 2. The van der Waals surface area contributed by atoms with E-state index in [1.54, 1.807) is 10.9 Å². The lowest BCUT2D eigenvalue weighted by Gasteiger charge is -2.18. The van der Waals surface area contributed by atoms with Crippen molar-refractivity contribution in [2.45, 2.75) is 32.9 Å². The Morgan fingerprint density at radius 3 is 2.77 bits per heavy atom. The van der Waals surface area contributed by atoms with Crippen LogP contribution in [0.5, 0.6) is 0 Å². The molecule has 2 N–H and O–H groups in total. The molecule has 2 aromatic heterocycles. The number of amides is 2. The van der Waals surface area contributed by atoms with E-state index in [0.717, 1.165) is 17.7 Å². The van der Waals surface area contributed by atoms with Crippen molar-refractivity contribution in [3.63, 3.8) is 0 Å². The predicted molar refractivity (Wildman–Crippen MR) is 97.3 cm³/mol. The molecule has 0 saturated carbocycles. The highest BCUT2D eigenvalue weighted by atomic mass is 16.2. The summed E-state index contributed by atoms with van der Waals surface area (Å²) in [5, 5.41) is 22.2. The summed E-state index contributed by atoms with van der Waals surface area (Å²) in [4.78, 5) is 13.9. The molecule has 0 fully saturated rings. The van der Waals surface area contributed by atoms with Crippen LogP contribution in [0.2, 0.25) is 0 Å². The predicted octanol–water partition coefficient (Wildman–Crippen LogP) is 2.37. The van der Waals surface area contributed by atoms with Crippen LogP contribution >= 0.6 is 0 Å². The van der Waals surface area contributed by atoms with Crippen molar-refractivity contribution in [2.24, 2.45) is 7.05 Å². The van der Waals surface area contributed by atoms with Gasteiger partial charge in [0.2, 0.25) is 5.82 Å². The molecule has 2 amide bonds. The monoisotopic (exact) mass is 354 g/mol. The molecule has 2 heterocycles. The van der Waals surface area contributed by atoms with Gasteiger partial charge < -0.3 is 10.6 Å². The molecular weight excluding hydrogens is 332 g/mol. The maximum absolute atomic E-state index is 12.4. The average Bonchev–Trinajstić information content (AvgIpc) is 3.29. The number of urea groups is 1. The zero-order valence-corrected chi connectivity index (χ0v) is 15.0. The molecule has 0 saturated heterocycles. The van der Waals surface area contributed by atoms with Crippen LogP contribution in [0.15, 0.2) is 36.5 Å². The van der Waals surface area contributed by atoms with Crippen LogP contribution in [-0.2, 0) is 13.6 Å². The second kappa shape index (κ2) is 7.77. The van der Waals surface area contributed by atoms with Crippen LogP contribution < -0.4 is 10.6 Å². The molecule has 26 heavy (non-hydrogen) atoms. The Morgan fingerprint density at radius 1 is 1.27 bits per heavy atom. The number of tetrazole rings is 1. The molecule has 1 atom stereocenters. The molecule has 0 radical (unpaired) electrons. The van der Waals surface area contributed by atoms with Crippen molar-refractivity contribution < 1.29 is 4.79 Å². The number of carbonyl (C=O) groups excluding carboxylic acids is 1. The molecule has 9 nitrogen and oxygen atoms in total. The fourth-order valence-electron chi connectivity index (χ4n) is 2.67. The van der Waals surface area contributed by atoms with Crippen molar-refractivity contribution in [1.82, 2.24) is 35.3 Å². The molecule has 136 valence electrons. The topological polar surface area (TPSA) is 103 Å². The summed E-state index contributed by atoms with van der Waals surface area (Å²) < 4.78 is 1.76. The van der Waals surface area contributed by atoms with E-state index in [4.69, 9.17) is 0 Å². The van der Waals surface area contributed by atoms with Crippen molar-refractivity contribution in [3.8, 4) is 11.4 Å². The summed E-state index contributed by atoms with van der Waals surface area (Å²) in [5.41, 5.74) is 2.41. The Balaban J connectivity index is 1.69. The van der Waals surface area contributed by atoms with Crippen LogP contribution in [0.1, 0.15) is 32.0 Å². The lowest BCUT2D eigenvalue weighted by atomic mass is 10.1. The number of rotatable bonds is 6. The Kier molecular flexibility index (Phi) is 5.26. The van der Waals surface area contributed by atoms with E-state index < -0.39 is 0 Å². The van der Waals surface area contributed by atoms with Gasteiger partial charge in [-0.3, -0.25) is 4.68 Å². The van der Waals surface area contributed by atoms with E-state index >= 15 is 0 Å². The number of anilines is 1. The summed E-state index contributed by atoms with van der Waals surface area (Å²) in [6.45, 7) is 4.61. The van der Waals surface area contributed by atoms with Gasteiger partial charge in [-0.2, -0.15) is 9.90 Å². The van der Waals surface area contributed by atoms with Crippen LogP contribution in [0.25, 0.3) is 11.4 Å². The minimum Gasteiger partial charge on any atom is -0.330 e. The molecule has 0 aliphatic heterocycles. The Morgan fingerprint density at radius 2 is 2.12 bits per heavy atom. The number of nitrogens with one attached hydrogen (secondary N) is 2. The largest absolute Gasteiger partial charge is 0.330 e. The van der Waals surface area contributed by atoms with Gasteiger partial charge in [0.05, 0.1) is 18.3 Å². The van der Waals surface area contributed by atoms with Gasteiger partial charge in [0.15, 0.2) is 0 Å². The van der Waals surface area contributed by atoms with E-state index in [2.05, 4.69) is 31.1 Å². The Bertz CT molecular complexity index is 884. The maximum Gasteiger partial charge on any atom is 0.319 e. The van der Waals surface area contributed by atoms with Gasteiger partial charge in [-0.25, -0.2) is 4.79 Å². The molecule has 0 aliphatic rings. The van der Waals surface area contributed by atoms with Crippen molar-refractivity contribution >= 4 is 11.7 Å². The molecule has 0 bridgehead atoms. The molecule has 3 aromatic rings. The van der Waals surface area contributed by atoms with Gasteiger partial charge in [0, 0.05) is 24.5 Å². The molecular formula is C17H22N8O. The third-order valence-electron chi connectivity index (χ3n) is 4.04. The molecule has 9 heteroatoms. The fourth-order valence-corrected chi connectivity index (χ4v) is 2.67. The first-order valence-electron chi connectivity index (χ1n) is 8.54. The Hall–Kier alpha value is -3.23. The summed E-state index contributed by atoms with van der Waals surface area (Å²) in [5.74, 6) is 0.525. The third kappa shape index (κ3) is 3.88. The van der Waals surface area contributed by atoms with E-state index in [-0.39, 0.29) is 12.1 Å². The summed E-state index contributed by atoms with van der Waals surface area (Å²) >= 11 is 0. The highest BCUT2D eigenvalue weighted by Gasteiger charge is 2.16.